The Morgan fingerprint density at radius 2 is 1.46 bits per heavy atom. The van der Waals surface area contributed by atoms with E-state index in [4.69, 9.17) is 4.99 Å². The fourth-order valence-corrected chi connectivity index (χ4v) is 9.23. The van der Waals surface area contributed by atoms with Crippen LogP contribution in [0, 0.1) is 5.92 Å². The van der Waals surface area contributed by atoms with Crippen molar-refractivity contribution >= 4 is 54.6 Å². The molecule has 3 heterocycles. The van der Waals surface area contributed by atoms with Crippen molar-refractivity contribution in [2.24, 2.45) is 10.9 Å². The highest BCUT2D eigenvalue weighted by molar-refractivity contribution is 6.23. The van der Waals surface area contributed by atoms with Gasteiger partial charge in [-0.3, -0.25) is 4.99 Å². The lowest BCUT2D eigenvalue weighted by molar-refractivity contribution is 0.491. The molecule has 50 heavy (non-hydrogen) atoms. The number of hydrogen-bond acceptors (Lipinski definition) is 2. The van der Waals surface area contributed by atoms with Gasteiger partial charge in [0.2, 0.25) is 0 Å². The van der Waals surface area contributed by atoms with Crippen LogP contribution in [0.4, 0.5) is 0 Å². The predicted octanol–water partition coefficient (Wildman–Crippen LogP) is 11.6. The third-order valence-corrected chi connectivity index (χ3v) is 11.6. The van der Waals surface area contributed by atoms with Crippen molar-refractivity contribution in [1.82, 2.24) is 9.88 Å². The summed E-state index contributed by atoms with van der Waals surface area (Å²) in [5.41, 5.74) is 11.3. The first-order valence-electron chi connectivity index (χ1n) is 18.0. The van der Waals surface area contributed by atoms with Gasteiger partial charge in [-0.1, -0.05) is 136 Å². The summed E-state index contributed by atoms with van der Waals surface area (Å²) in [7, 11) is 0. The van der Waals surface area contributed by atoms with Crippen molar-refractivity contribution in [2.45, 2.75) is 44.7 Å². The zero-order valence-electron chi connectivity index (χ0n) is 28.7. The number of hydrogen-bond donors (Lipinski definition) is 1. The zero-order valence-corrected chi connectivity index (χ0v) is 28.7. The number of aliphatic imine (C=N–C) groups is 1. The number of fused-ring (bicyclic) bond motifs is 8. The molecule has 3 aliphatic rings. The van der Waals surface area contributed by atoms with Gasteiger partial charge in [0.1, 0.15) is 0 Å². The van der Waals surface area contributed by atoms with Crippen LogP contribution in [0.15, 0.2) is 156 Å². The van der Waals surface area contributed by atoms with Crippen molar-refractivity contribution in [1.29, 1.82) is 0 Å². The van der Waals surface area contributed by atoms with Gasteiger partial charge in [-0.2, -0.15) is 0 Å². The molecule has 0 amide bonds. The maximum atomic E-state index is 5.74. The minimum atomic E-state index is -0.227. The summed E-state index contributed by atoms with van der Waals surface area (Å²) in [6.45, 7) is 7.08. The van der Waals surface area contributed by atoms with E-state index >= 15 is 0 Å². The van der Waals surface area contributed by atoms with E-state index < -0.39 is 0 Å². The third-order valence-electron chi connectivity index (χ3n) is 11.6. The van der Waals surface area contributed by atoms with Crippen molar-refractivity contribution < 1.29 is 0 Å². The minimum Gasteiger partial charge on any atom is -0.381 e. The van der Waals surface area contributed by atoms with Crippen molar-refractivity contribution in [3.8, 4) is 0 Å². The Kier molecular flexibility index (Phi) is 6.39. The van der Waals surface area contributed by atoms with Crippen LogP contribution in [-0.2, 0) is 5.41 Å². The number of aromatic nitrogens is 1. The molecule has 3 nitrogen and oxygen atoms in total. The first-order chi connectivity index (χ1) is 24.5. The van der Waals surface area contributed by atoms with Gasteiger partial charge in [-0.15, -0.1) is 0 Å². The number of nitrogens with zero attached hydrogens (tertiary/aromatic N) is 2. The lowest BCUT2D eigenvalue weighted by Crippen LogP contribution is -2.32. The van der Waals surface area contributed by atoms with Gasteiger partial charge in [-0.05, 0) is 80.7 Å². The number of benzene rings is 6. The summed E-state index contributed by atoms with van der Waals surface area (Å²) in [4.78, 5) is 5.74. The van der Waals surface area contributed by atoms with Gasteiger partial charge < -0.3 is 9.88 Å². The average Bonchev–Trinajstić information content (AvgIpc) is 3.61. The molecule has 0 spiro atoms. The third kappa shape index (κ3) is 4.13. The smallest absolute Gasteiger partial charge is 0.0699 e. The van der Waals surface area contributed by atoms with Crippen LogP contribution in [-0.4, -0.2) is 10.3 Å². The monoisotopic (exact) mass is 645 g/mol. The van der Waals surface area contributed by atoms with E-state index in [1.54, 1.807) is 0 Å². The molecular weight excluding hydrogens is 607 g/mol. The number of dihydropyridines is 1. The summed E-state index contributed by atoms with van der Waals surface area (Å²) < 4.78 is 2.71. The summed E-state index contributed by atoms with van der Waals surface area (Å²) in [5, 5.41) is 11.2. The second-order valence-corrected chi connectivity index (χ2v) is 14.7. The molecule has 0 saturated carbocycles. The molecule has 2 aliphatic heterocycles. The molecule has 10 rings (SSSR count). The molecule has 3 atom stereocenters. The maximum absolute atomic E-state index is 5.74. The number of allylic oxidation sites excluding steroid dienone is 4. The number of rotatable bonds is 4. The van der Waals surface area contributed by atoms with Gasteiger partial charge in [0, 0.05) is 27.7 Å². The topological polar surface area (TPSA) is 29.3 Å². The second kappa shape index (κ2) is 10.9. The highest BCUT2D eigenvalue weighted by atomic mass is 15.1. The second-order valence-electron chi connectivity index (χ2n) is 14.7. The van der Waals surface area contributed by atoms with E-state index in [1.807, 2.05) is 12.3 Å². The van der Waals surface area contributed by atoms with Gasteiger partial charge >= 0.3 is 0 Å². The lowest BCUT2D eigenvalue weighted by Gasteiger charge is -2.37. The lowest BCUT2D eigenvalue weighted by atomic mass is 9.78. The van der Waals surface area contributed by atoms with Crippen LogP contribution >= 0.6 is 0 Å². The SMILES string of the molecule is CCC1C(c2ccc(C3C=CC=CN3)cc2)=NC2=C(c3ccccc3C2(C)C)C1n1c2cc3ccccc3cc2c2c3ccccc3ccc21. The van der Waals surface area contributed by atoms with Gasteiger partial charge in [0.25, 0.3) is 0 Å². The van der Waals surface area contributed by atoms with Crippen LogP contribution in [0.5, 0.6) is 0 Å². The van der Waals surface area contributed by atoms with Crippen LogP contribution in [0.3, 0.4) is 0 Å². The van der Waals surface area contributed by atoms with E-state index in [9.17, 15) is 0 Å². The van der Waals surface area contributed by atoms with Gasteiger partial charge in [0.05, 0.1) is 34.5 Å². The zero-order chi connectivity index (χ0) is 33.6. The molecule has 0 saturated heterocycles. The highest BCUT2D eigenvalue weighted by Gasteiger charge is 2.47. The molecule has 0 radical (unpaired) electrons. The Bertz CT molecular complexity index is 2640. The summed E-state index contributed by atoms with van der Waals surface area (Å²) in [5.74, 6) is 0.161. The van der Waals surface area contributed by atoms with Gasteiger partial charge in [-0.25, -0.2) is 0 Å². The van der Waals surface area contributed by atoms with E-state index in [1.165, 1.54) is 82.6 Å². The molecule has 7 aromatic rings. The molecule has 0 fully saturated rings. The largest absolute Gasteiger partial charge is 0.381 e. The first-order valence-corrected chi connectivity index (χ1v) is 18.0. The van der Waals surface area contributed by atoms with Crippen molar-refractivity contribution in [3.05, 3.63) is 174 Å². The fraction of sp³-hybridized carbons (Fsp3) is 0.170. The maximum Gasteiger partial charge on any atom is 0.0699 e. The molecule has 3 heteroatoms. The van der Waals surface area contributed by atoms with Crippen LogP contribution in [0.1, 0.15) is 61.5 Å². The molecule has 3 unspecified atom stereocenters. The molecule has 242 valence electrons. The molecule has 0 bridgehead atoms. The minimum absolute atomic E-state index is 0.0560. The molecular formula is C47H39N3. The van der Waals surface area contributed by atoms with Crippen LogP contribution in [0.25, 0.3) is 48.9 Å². The first kappa shape index (κ1) is 29.3. The quantitative estimate of drug-likeness (QED) is 0.203. The number of nitrogens with one attached hydrogen (secondary N) is 1. The molecule has 6 aromatic carbocycles. The fourth-order valence-electron chi connectivity index (χ4n) is 9.23. The Labute approximate surface area is 293 Å². The Morgan fingerprint density at radius 3 is 2.24 bits per heavy atom. The van der Waals surface area contributed by atoms with Gasteiger partial charge in [0.15, 0.2) is 0 Å². The highest BCUT2D eigenvalue weighted by Crippen LogP contribution is 2.57. The van der Waals surface area contributed by atoms with Crippen molar-refractivity contribution in [2.75, 3.05) is 0 Å². The van der Waals surface area contributed by atoms with E-state index in [-0.39, 0.29) is 23.4 Å². The van der Waals surface area contributed by atoms with Crippen molar-refractivity contribution in [3.63, 3.8) is 0 Å². The Balaban J connectivity index is 1.28. The molecule has 1 N–H and O–H groups in total. The summed E-state index contributed by atoms with van der Waals surface area (Å²) >= 11 is 0. The van der Waals surface area contributed by atoms with E-state index in [2.05, 4.69) is 164 Å². The normalized spacial score (nSPS) is 20.8. The summed E-state index contributed by atoms with van der Waals surface area (Å²) in [6, 6.07) is 45.7. The predicted molar refractivity (Wildman–Crippen MR) is 211 cm³/mol. The molecule has 1 aromatic heterocycles. The molecule has 1 aliphatic carbocycles. The van der Waals surface area contributed by atoms with E-state index in [0.717, 1.165) is 6.42 Å². The Morgan fingerprint density at radius 1 is 0.720 bits per heavy atom. The summed E-state index contributed by atoms with van der Waals surface area (Å²) in [6.07, 6.45) is 9.35. The van der Waals surface area contributed by atoms with Crippen LogP contribution in [0.2, 0.25) is 0 Å². The standard InChI is InChI=1S/C47H39N3/c1-4-34-44(31-22-20-30(21-23-31)39-19-11-12-26-48-39)49-46-43(36-17-9-10-18-38(36)47(46,2)3)45(34)50-40-25-24-29-13-7-8-16-35(29)42(40)37-27-32-14-5-6-15-33(32)28-41(37)50/h5-28,34,39,45,48H,4H2,1-3H3. The Hall–Kier alpha value is -5.67. The average molecular weight is 646 g/mol. The van der Waals surface area contributed by atoms with Crippen LogP contribution < -0.4 is 5.32 Å². The van der Waals surface area contributed by atoms with E-state index in [0.29, 0.717) is 0 Å².